The van der Waals surface area contributed by atoms with E-state index in [9.17, 15) is 9.50 Å². The minimum Gasteiger partial charge on any atom is -0.508 e. The Morgan fingerprint density at radius 1 is 1.17 bits per heavy atom. The van der Waals surface area contributed by atoms with Crippen molar-refractivity contribution in [1.29, 1.82) is 0 Å². The summed E-state index contributed by atoms with van der Waals surface area (Å²) in [6, 6.07) is 12.6. The summed E-state index contributed by atoms with van der Waals surface area (Å²) in [6.07, 6.45) is 4.31. The molecule has 0 spiro atoms. The molecule has 1 aliphatic rings. The number of hydrogen-bond acceptors (Lipinski definition) is 6. The Morgan fingerprint density at radius 3 is 2.86 bits per heavy atom. The minimum atomic E-state index is -0.550. The molecule has 0 saturated heterocycles. The average molecular weight is 394 g/mol. The summed E-state index contributed by atoms with van der Waals surface area (Å²) in [5.74, 6) is -0.130. The minimum absolute atomic E-state index is 0.0729. The number of benzene rings is 2. The molecule has 150 valence electrons. The summed E-state index contributed by atoms with van der Waals surface area (Å²) in [5.41, 5.74) is 3.78. The lowest BCUT2D eigenvalue weighted by molar-refractivity contribution is 0.0501. The van der Waals surface area contributed by atoms with Crippen LogP contribution in [0.4, 0.5) is 27.5 Å². The van der Waals surface area contributed by atoms with Gasteiger partial charge < -0.3 is 20.5 Å². The predicted molar refractivity (Wildman–Crippen MR) is 110 cm³/mol. The summed E-state index contributed by atoms with van der Waals surface area (Å²) in [6.45, 7) is 2.65. The molecule has 0 radical (unpaired) electrons. The third-order valence-corrected chi connectivity index (χ3v) is 4.88. The lowest BCUT2D eigenvalue weighted by Gasteiger charge is -2.26. The second-order valence-corrected chi connectivity index (χ2v) is 6.94. The van der Waals surface area contributed by atoms with Crippen LogP contribution in [0.2, 0.25) is 0 Å². The molecule has 7 heteroatoms. The van der Waals surface area contributed by atoms with E-state index in [1.165, 1.54) is 11.6 Å². The van der Waals surface area contributed by atoms with Crippen LogP contribution in [0.15, 0.2) is 48.7 Å². The Kier molecular flexibility index (Phi) is 5.57. The van der Waals surface area contributed by atoms with Crippen molar-refractivity contribution in [3.63, 3.8) is 0 Å². The molecule has 2 aromatic carbocycles. The summed E-state index contributed by atoms with van der Waals surface area (Å²) >= 11 is 0. The van der Waals surface area contributed by atoms with Crippen LogP contribution in [-0.2, 0) is 11.2 Å². The van der Waals surface area contributed by atoms with Crippen molar-refractivity contribution >= 4 is 23.1 Å². The first-order chi connectivity index (χ1) is 14.1. The van der Waals surface area contributed by atoms with E-state index in [1.54, 1.807) is 18.2 Å². The molecule has 29 heavy (non-hydrogen) atoms. The number of halogens is 1. The van der Waals surface area contributed by atoms with E-state index >= 15 is 0 Å². The van der Waals surface area contributed by atoms with Crippen molar-refractivity contribution < 1.29 is 14.2 Å². The maximum atomic E-state index is 14.3. The number of phenolic OH excluding ortho intramolecular Hbond substituents is 1. The van der Waals surface area contributed by atoms with Crippen LogP contribution in [0.5, 0.6) is 5.75 Å². The van der Waals surface area contributed by atoms with E-state index in [4.69, 9.17) is 4.74 Å². The van der Waals surface area contributed by atoms with Crippen LogP contribution < -0.4 is 10.6 Å². The second kappa shape index (κ2) is 8.45. The van der Waals surface area contributed by atoms with Gasteiger partial charge in [0.05, 0.1) is 12.3 Å². The molecule has 3 N–H and O–H groups in total. The Hall–Kier alpha value is -3.19. The van der Waals surface area contributed by atoms with Gasteiger partial charge in [-0.15, -0.1) is 0 Å². The maximum absolute atomic E-state index is 14.3. The van der Waals surface area contributed by atoms with Gasteiger partial charge in [0.25, 0.3) is 0 Å². The van der Waals surface area contributed by atoms with E-state index in [0.717, 1.165) is 36.7 Å². The maximum Gasteiger partial charge on any atom is 0.229 e. The van der Waals surface area contributed by atoms with Crippen LogP contribution in [-0.4, -0.2) is 21.7 Å². The zero-order chi connectivity index (χ0) is 20.2. The highest BCUT2D eigenvalue weighted by atomic mass is 19.1. The lowest BCUT2D eigenvalue weighted by Crippen LogP contribution is -2.13. The van der Waals surface area contributed by atoms with Crippen LogP contribution in [0.1, 0.15) is 37.0 Å². The summed E-state index contributed by atoms with van der Waals surface area (Å²) in [4.78, 5) is 8.21. The summed E-state index contributed by atoms with van der Waals surface area (Å²) in [7, 11) is 0. The number of fused-ring (bicyclic) bond motifs is 1. The van der Waals surface area contributed by atoms with Gasteiger partial charge >= 0.3 is 0 Å². The fourth-order valence-electron chi connectivity index (χ4n) is 3.57. The third-order valence-electron chi connectivity index (χ3n) is 4.88. The molecule has 1 aromatic heterocycles. The first-order valence-corrected chi connectivity index (χ1v) is 9.72. The fourth-order valence-corrected chi connectivity index (χ4v) is 3.57. The van der Waals surface area contributed by atoms with E-state index in [-0.39, 0.29) is 23.6 Å². The molecule has 1 aliphatic carbocycles. The number of ether oxygens (including phenoxy) is 1. The van der Waals surface area contributed by atoms with Gasteiger partial charge in [0.15, 0.2) is 11.6 Å². The van der Waals surface area contributed by atoms with Crippen LogP contribution >= 0.6 is 0 Å². The molecular formula is C22H23FN4O2. The quantitative estimate of drug-likeness (QED) is 0.532. The monoisotopic (exact) mass is 394 g/mol. The molecule has 0 saturated carbocycles. The number of anilines is 4. The van der Waals surface area contributed by atoms with Gasteiger partial charge in [-0.05, 0) is 61.6 Å². The zero-order valence-electron chi connectivity index (χ0n) is 16.2. The highest BCUT2D eigenvalue weighted by molar-refractivity contribution is 5.62. The van der Waals surface area contributed by atoms with Gasteiger partial charge in [-0.25, -0.2) is 9.37 Å². The number of nitrogens with one attached hydrogen (secondary N) is 2. The zero-order valence-corrected chi connectivity index (χ0v) is 16.2. The molecule has 3 aromatic rings. The molecule has 1 heterocycles. The van der Waals surface area contributed by atoms with Crippen molar-refractivity contribution in [3.05, 3.63) is 65.6 Å². The van der Waals surface area contributed by atoms with Crippen molar-refractivity contribution in [3.8, 4) is 5.75 Å². The first-order valence-electron chi connectivity index (χ1n) is 9.72. The SMILES string of the molecule is CCOC1CCCc2ccc(Nc3nc(Nc4cccc(O)c4)ncc3F)cc21. The van der Waals surface area contributed by atoms with Gasteiger partial charge in [0, 0.05) is 24.0 Å². The number of nitrogens with zero attached hydrogens (tertiary/aromatic N) is 2. The number of hydrogen-bond donors (Lipinski definition) is 3. The molecule has 6 nitrogen and oxygen atoms in total. The van der Waals surface area contributed by atoms with Crippen molar-refractivity contribution in [2.24, 2.45) is 0 Å². The molecule has 1 unspecified atom stereocenters. The smallest absolute Gasteiger partial charge is 0.229 e. The Balaban J connectivity index is 1.57. The number of aryl methyl sites for hydroxylation is 1. The van der Waals surface area contributed by atoms with Crippen molar-refractivity contribution in [1.82, 2.24) is 9.97 Å². The highest BCUT2D eigenvalue weighted by Crippen LogP contribution is 2.35. The molecule has 0 fully saturated rings. The largest absolute Gasteiger partial charge is 0.508 e. The van der Waals surface area contributed by atoms with Gasteiger partial charge in [-0.2, -0.15) is 4.98 Å². The number of aromatic hydroxyl groups is 1. The Bertz CT molecular complexity index is 1010. The van der Waals surface area contributed by atoms with Crippen molar-refractivity contribution in [2.75, 3.05) is 17.2 Å². The molecule has 4 rings (SSSR count). The number of aromatic nitrogens is 2. The van der Waals surface area contributed by atoms with Crippen molar-refractivity contribution in [2.45, 2.75) is 32.3 Å². The molecule has 0 aliphatic heterocycles. The van der Waals surface area contributed by atoms with Crippen LogP contribution in [0.3, 0.4) is 0 Å². The second-order valence-electron chi connectivity index (χ2n) is 6.94. The fraction of sp³-hybridized carbons (Fsp3) is 0.273. The van der Waals surface area contributed by atoms with E-state index in [1.807, 2.05) is 19.1 Å². The van der Waals surface area contributed by atoms with E-state index < -0.39 is 5.82 Å². The van der Waals surface area contributed by atoms with Gasteiger partial charge in [-0.3, -0.25) is 0 Å². The topological polar surface area (TPSA) is 79.3 Å². The highest BCUT2D eigenvalue weighted by Gasteiger charge is 2.21. The molecular weight excluding hydrogens is 371 g/mol. The third kappa shape index (κ3) is 4.46. The van der Waals surface area contributed by atoms with Gasteiger partial charge in [-0.1, -0.05) is 12.1 Å². The Labute approximate surface area is 168 Å². The lowest BCUT2D eigenvalue weighted by atomic mass is 9.89. The number of phenols is 1. The van der Waals surface area contributed by atoms with Crippen LogP contribution in [0, 0.1) is 5.82 Å². The molecule has 0 amide bonds. The van der Waals surface area contributed by atoms with E-state index in [2.05, 4.69) is 26.7 Å². The first kappa shape index (κ1) is 19.1. The average Bonchev–Trinajstić information content (AvgIpc) is 2.71. The molecule has 0 bridgehead atoms. The predicted octanol–water partition coefficient (Wildman–Crippen LogP) is 5.22. The van der Waals surface area contributed by atoms with Crippen LogP contribution in [0.25, 0.3) is 0 Å². The summed E-state index contributed by atoms with van der Waals surface area (Å²) < 4.78 is 20.2. The number of rotatable bonds is 6. The standard InChI is InChI=1S/C22H23FN4O2/c1-2-29-20-8-3-5-14-9-10-16(12-18(14)20)25-21-19(23)13-24-22(27-21)26-15-6-4-7-17(28)11-15/h4,6-7,9-13,20,28H,2-3,5,8H2,1H3,(H2,24,25,26,27). The molecule has 1 atom stereocenters. The van der Waals surface area contributed by atoms with Gasteiger partial charge in [0.2, 0.25) is 5.95 Å². The van der Waals surface area contributed by atoms with E-state index in [0.29, 0.717) is 12.3 Å². The summed E-state index contributed by atoms with van der Waals surface area (Å²) in [5, 5.41) is 15.6. The van der Waals surface area contributed by atoms with Gasteiger partial charge in [0.1, 0.15) is 5.75 Å². The Morgan fingerprint density at radius 2 is 2.03 bits per heavy atom. The normalized spacial score (nSPS) is 15.6.